The number of nitro groups is 1. The maximum Gasteiger partial charge on any atom is 0.292 e. The van der Waals surface area contributed by atoms with Crippen molar-refractivity contribution in [1.82, 2.24) is 10.6 Å². The molecule has 2 rings (SSSR count). The minimum Gasteiger partial charge on any atom is -0.378 e. The molecule has 8 nitrogen and oxygen atoms in total. The number of carbonyl (C=O) groups is 1. The predicted octanol–water partition coefficient (Wildman–Crippen LogP) is 0.891. The number of ether oxygens (including phenoxy) is 1. The molecule has 126 valence electrons. The molecule has 1 aliphatic rings. The number of piperidine rings is 1. The molecular formula is C15H22N4O4. The van der Waals surface area contributed by atoms with Gasteiger partial charge in [0.15, 0.2) is 0 Å². The summed E-state index contributed by atoms with van der Waals surface area (Å²) in [6, 6.07) is 6.42. The Balaban J connectivity index is 1.83. The van der Waals surface area contributed by atoms with Crippen LogP contribution in [0.15, 0.2) is 24.3 Å². The Bertz CT molecular complexity index is 558. The van der Waals surface area contributed by atoms with Crippen molar-refractivity contribution in [3.8, 4) is 0 Å². The number of hydrogen-bond acceptors (Lipinski definition) is 6. The van der Waals surface area contributed by atoms with Crippen LogP contribution in [0.3, 0.4) is 0 Å². The van der Waals surface area contributed by atoms with Crippen molar-refractivity contribution in [3.05, 3.63) is 34.4 Å². The number of amides is 1. The fourth-order valence-corrected chi connectivity index (χ4v) is 2.67. The molecule has 0 unspecified atom stereocenters. The Kier molecular flexibility index (Phi) is 5.89. The summed E-state index contributed by atoms with van der Waals surface area (Å²) in [4.78, 5) is 22.8. The molecule has 0 saturated carbocycles. The van der Waals surface area contributed by atoms with Gasteiger partial charge in [0, 0.05) is 26.3 Å². The van der Waals surface area contributed by atoms with Crippen LogP contribution in [-0.4, -0.2) is 49.7 Å². The summed E-state index contributed by atoms with van der Waals surface area (Å²) >= 11 is 0. The van der Waals surface area contributed by atoms with E-state index < -0.39 is 10.5 Å². The SMILES string of the molecule is COC1(C(=O)NCCNc2ccccc2[N+](=O)[O-])CCNCC1. The lowest BCUT2D eigenvalue weighted by Gasteiger charge is -2.34. The van der Waals surface area contributed by atoms with E-state index in [9.17, 15) is 14.9 Å². The zero-order chi connectivity index (χ0) is 16.7. The van der Waals surface area contributed by atoms with Crippen LogP contribution in [0.25, 0.3) is 0 Å². The summed E-state index contributed by atoms with van der Waals surface area (Å²) in [5, 5.41) is 19.9. The van der Waals surface area contributed by atoms with E-state index in [1.165, 1.54) is 6.07 Å². The van der Waals surface area contributed by atoms with Gasteiger partial charge >= 0.3 is 0 Å². The highest BCUT2D eigenvalue weighted by atomic mass is 16.6. The molecule has 1 fully saturated rings. The third-order valence-electron chi connectivity index (χ3n) is 4.04. The second-order valence-corrected chi connectivity index (χ2v) is 5.41. The molecule has 0 radical (unpaired) electrons. The smallest absolute Gasteiger partial charge is 0.292 e. The Morgan fingerprint density at radius 3 is 2.70 bits per heavy atom. The Morgan fingerprint density at radius 2 is 2.04 bits per heavy atom. The number of para-hydroxylation sites is 2. The van der Waals surface area contributed by atoms with Crippen LogP contribution in [0.1, 0.15) is 12.8 Å². The Hall–Kier alpha value is -2.19. The first-order valence-corrected chi connectivity index (χ1v) is 7.60. The maximum absolute atomic E-state index is 12.3. The Morgan fingerprint density at radius 1 is 1.35 bits per heavy atom. The van der Waals surface area contributed by atoms with E-state index in [2.05, 4.69) is 16.0 Å². The van der Waals surface area contributed by atoms with Crippen molar-refractivity contribution in [3.63, 3.8) is 0 Å². The van der Waals surface area contributed by atoms with Crippen LogP contribution in [-0.2, 0) is 9.53 Å². The first kappa shape index (κ1) is 17.2. The molecule has 0 bridgehead atoms. The average Bonchev–Trinajstić information content (AvgIpc) is 2.59. The molecule has 1 saturated heterocycles. The lowest BCUT2D eigenvalue weighted by Crippen LogP contribution is -2.54. The number of rotatable bonds is 7. The molecule has 1 amide bonds. The fraction of sp³-hybridized carbons (Fsp3) is 0.533. The normalized spacial score (nSPS) is 16.6. The zero-order valence-corrected chi connectivity index (χ0v) is 13.1. The van der Waals surface area contributed by atoms with Crippen LogP contribution < -0.4 is 16.0 Å². The second-order valence-electron chi connectivity index (χ2n) is 5.41. The number of anilines is 1. The number of nitro benzene ring substituents is 1. The van der Waals surface area contributed by atoms with Crippen molar-refractivity contribution < 1.29 is 14.5 Å². The molecule has 8 heteroatoms. The van der Waals surface area contributed by atoms with Gasteiger partial charge in [0.2, 0.25) is 0 Å². The quantitative estimate of drug-likeness (QED) is 0.391. The number of benzene rings is 1. The highest BCUT2D eigenvalue weighted by Gasteiger charge is 2.39. The summed E-state index contributed by atoms with van der Waals surface area (Å²) in [5.74, 6) is -0.133. The van der Waals surface area contributed by atoms with Gasteiger partial charge in [0.25, 0.3) is 11.6 Å². The first-order chi connectivity index (χ1) is 11.1. The lowest BCUT2D eigenvalue weighted by molar-refractivity contribution is -0.384. The largest absolute Gasteiger partial charge is 0.378 e. The molecule has 1 aromatic carbocycles. The van der Waals surface area contributed by atoms with Crippen molar-refractivity contribution in [2.75, 3.05) is 38.6 Å². The van der Waals surface area contributed by atoms with Crippen molar-refractivity contribution in [1.29, 1.82) is 0 Å². The second kappa shape index (κ2) is 7.89. The van der Waals surface area contributed by atoms with E-state index >= 15 is 0 Å². The van der Waals surface area contributed by atoms with Crippen molar-refractivity contribution in [2.45, 2.75) is 18.4 Å². The van der Waals surface area contributed by atoms with Crippen LogP contribution in [0.5, 0.6) is 0 Å². The van der Waals surface area contributed by atoms with Gasteiger partial charge in [-0.25, -0.2) is 0 Å². The molecule has 0 atom stereocenters. The molecule has 0 aromatic heterocycles. The first-order valence-electron chi connectivity index (χ1n) is 7.60. The summed E-state index contributed by atoms with van der Waals surface area (Å²) in [6.07, 6.45) is 1.26. The maximum atomic E-state index is 12.3. The fourth-order valence-electron chi connectivity index (χ4n) is 2.67. The molecule has 1 heterocycles. The van der Waals surface area contributed by atoms with E-state index in [1.54, 1.807) is 25.3 Å². The van der Waals surface area contributed by atoms with Gasteiger partial charge in [0.1, 0.15) is 11.3 Å². The van der Waals surface area contributed by atoms with Crippen LogP contribution in [0.4, 0.5) is 11.4 Å². The van der Waals surface area contributed by atoms with Gasteiger partial charge in [-0.05, 0) is 32.0 Å². The minimum atomic E-state index is -0.774. The highest BCUT2D eigenvalue weighted by molar-refractivity contribution is 5.85. The number of methoxy groups -OCH3 is 1. The van der Waals surface area contributed by atoms with Crippen LogP contribution in [0, 0.1) is 10.1 Å². The van der Waals surface area contributed by atoms with Gasteiger partial charge in [-0.15, -0.1) is 0 Å². The van der Waals surface area contributed by atoms with Crippen LogP contribution >= 0.6 is 0 Å². The Labute approximate surface area is 134 Å². The molecule has 3 N–H and O–H groups in total. The van der Waals surface area contributed by atoms with Gasteiger partial charge in [-0.1, -0.05) is 12.1 Å². The summed E-state index contributed by atoms with van der Waals surface area (Å²) in [5.41, 5.74) is -0.315. The number of nitrogens with zero attached hydrogens (tertiary/aromatic N) is 1. The summed E-state index contributed by atoms with van der Waals surface area (Å²) < 4.78 is 5.44. The van der Waals surface area contributed by atoms with E-state index in [0.717, 1.165) is 13.1 Å². The van der Waals surface area contributed by atoms with Gasteiger partial charge in [-0.3, -0.25) is 14.9 Å². The third kappa shape index (κ3) is 4.17. The van der Waals surface area contributed by atoms with E-state index in [4.69, 9.17) is 4.74 Å². The topological polar surface area (TPSA) is 106 Å². The van der Waals surface area contributed by atoms with E-state index in [0.29, 0.717) is 31.6 Å². The average molecular weight is 322 g/mol. The molecule has 0 spiro atoms. The number of carbonyl (C=O) groups excluding carboxylic acids is 1. The summed E-state index contributed by atoms with van der Waals surface area (Å²) in [6.45, 7) is 2.25. The van der Waals surface area contributed by atoms with Gasteiger partial charge < -0.3 is 20.7 Å². The molecular weight excluding hydrogens is 300 g/mol. The van der Waals surface area contributed by atoms with Gasteiger partial charge in [0.05, 0.1) is 4.92 Å². The number of hydrogen-bond donors (Lipinski definition) is 3. The lowest BCUT2D eigenvalue weighted by atomic mass is 9.91. The highest BCUT2D eigenvalue weighted by Crippen LogP contribution is 2.23. The predicted molar refractivity (Wildman–Crippen MR) is 86.4 cm³/mol. The zero-order valence-electron chi connectivity index (χ0n) is 13.1. The molecule has 0 aliphatic carbocycles. The standard InChI is InChI=1S/C15H22N4O4/c1-23-15(6-8-16-9-7-15)14(20)18-11-10-17-12-4-2-3-5-13(12)19(21)22/h2-5,16-17H,6-11H2,1H3,(H,18,20). The summed E-state index contributed by atoms with van der Waals surface area (Å²) in [7, 11) is 1.55. The minimum absolute atomic E-state index is 0.0190. The van der Waals surface area contributed by atoms with Gasteiger partial charge in [-0.2, -0.15) is 0 Å². The molecule has 23 heavy (non-hydrogen) atoms. The third-order valence-corrected chi connectivity index (χ3v) is 4.04. The monoisotopic (exact) mass is 322 g/mol. The van der Waals surface area contributed by atoms with Crippen molar-refractivity contribution >= 4 is 17.3 Å². The van der Waals surface area contributed by atoms with E-state index in [1.807, 2.05) is 0 Å². The van der Waals surface area contributed by atoms with Crippen molar-refractivity contribution in [2.24, 2.45) is 0 Å². The number of nitrogens with one attached hydrogen (secondary N) is 3. The van der Waals surface area contributed by atoms with Crippen LogP contribution in [0.2, 0.25) is 0 Å². The molecule has 1 aliphatic heterocycles. The van der Waals surface area contributed by atoms with E-state index in [-0.39, 0.29) is 11.6 Å². The molecule has 1 aromatic rings.